The number of pyridine rings is 1. The maximum atomic E-state index is 12.6. The first-order chi connectivity index (χ1) is 12.8. The minimum atomic E-state index is -0.513. The summed E-state index contributed by atoms with van der Waals surface area (Å²) in [7, 11) is 0. The molecule has 0 spiro atoms. The van der Waals surface area contributed by atoms with E-state index in [1.54, 1.807) is 11.0 Å². The molecule has 0 atom stereocenters. The molecule has 0 unspecified atom stereocenters. The molecule has 0 N–H and O–H groups in total. The van der Waals surface area contributed by atoms with Gasteiger partial charge in [0.2, 0.25) is 0 Å². The normalized spacial score (nSPS) is 11.2. The SMILES string of the molecule is CC(C)(C)OC(=O)N(CCCCCc1cccc[n+]1[O-])Cc1ccccc1. The summed E-state index contributed by atoms with van der Waals surface area (Å²) in [6.45, 7) is 6.81. The zero-order chi connectivity index (χ0) is 19.7. The highest BCUT2D eigenvalue weighted by atomic mass is 16.6. The number of carbonyl (C=O) groups is 1. The van der Waals surface area contributed by atoms with Gasteiger partial charge in [-0.15, -0.1) is 0 Å². The Kier molecular flexibility index (Phi) is 7.65. The van der Waals surface area contributed by atoms with E-state index in [0.29, 0.717) is 13.1 Å². The van der Waals surface area contributed by atoms with Gasteiger partial charge in [0, 0.05) is 31.6 Å². The zero-order valence-electron chi connectivity index (χ0n) is 16.6. The summed E-state index contributed by atoms with van der Waals surface area (Å²) < 4.78 is 6.48. The maximum Gasteiger partial charge on any atom is 0.410 e. The third-order valence-corrected chi connectivity index (χ3v) is 4.13. The highest BCUT2D eigenvalue weighted by Gasteiger charge is 2.22. The fourth-order valence-corrected chi connectivity index (χ4v) is 2.81. The first-order valence-electron chi connectivity index (χ1n) is 9.54. The van der Waals surface area contributed by atoms with Crippen LogP contribution in [-0.4, -0.2) is 23.1 Å². The first-order valence-corrected chi connectivity index (χ1v) is 9.54. The molecule has 146 valence electrons. The molecular formula is C22H30N2O3. The molecule has 0 saturated heterocycles. The van der Waals surface area contributed by atoms with Crippen LogP contribution in [0.25, 0.3) is 0 Å². The Bertz CT molecular complexity index is 711. The van der Waals surface area contributed by atoms with Gasteiger partial charge in [0.25, 0.3) is 0 Å². The van der Waals surface area contributed by atoms with Crippen LogP contribution in [0.5, 0.6) is 0 Å². The van der Waals surface area contributed by atoms with Gasteiger partial charge in [-0.2, -0.15) is 4.73 Å². The Hall–Kier alpha value is -2.56. The van der Waals surface area contributed by atoms with Gasteiger partial charge >= 0.3 is 6.09 Å². The second-order valence-corrected chi connectivity index (χ2v) is 7.72. The van der Waals surface area contributed by atoms with E-state index < -0.39 is 5.60 Å². The smallest absolute Gasteiger partial charge is 0.410 e. The molecule has 5 nitrogen and oxygen atoms in total. The number of nitrogens with zero attached hydrogens (tertiary/aromatic N) is 2. The number of benzene rings is 1. The van der Waals surface area contributed by atoms with Crippen molar-refractivity contribution in [2.75, 3.05) is 6.54 Å². The van der Waals surface area contributed by atoms with Crippen molar-refractivity contribution in [1.82, 2.24) is 4.90 Å². The van der Waals surface area contributed by atoms with E-state index in [4.69, 9.17) is 4.74 Å². The quantitative estimate of drug-likeness (QED) is 0.391. The Morgan fingerprint density at radius 1 is 1.04 bits per heavy atom. The summed E-state index contributed by atoms with van der Waals surface area (Å²) in [6.07, 6.45) is 4.72. The summed E-state index contributed by atoms with van der Waals surface area (Å²) >= 11 is 0. The minimum absolute atomic E-state index is 0.285. The number of aryl methyl sites for hydroxylation is 1. The van der Waals surface area contributed by atoms with Crippen molar-refractivity contribution in [3.8, 4) is 0 Å². The average Bonchev–Trinajstić information content (AvgIpc) is 2.61. The van der Waals surface area contributed by atoms with E-state index in [1.807, 2.05) is 63.2 Å². The van der Waals surface area contributed by atoms with Crippen molar-refractivity contribution in [3.05, 3.63) is 71.2 Å². The predicted octanol–water partition coefficient (Wildman–Crippen LogP) is 4.47. The summed E-state index contributed by atoms with van der Waals surface area (Å²) in [5.41, 5.74) is 1.35. The molecule has 1 heterocycles. The first kappa shape index (κ1) is 20.7. The lowest BCUT2D eigenvalue weighted by Crippen LogP contribution is -2.37. The molecule has 2 aromatic rings. The Balaban J connectivity index is 1.85. The van der Waals surface area contributed by atoms with Crippen molar-refractivity contribution >= 4 is 6.09 Å². The highest BCUT2D eigenvalue weighted by Crippen LogP contribution is 2.14. The molecule has 0 fully saturated rings. The second-order valence-electron chi connectivity index (χ2n) is 7.72. The molecule has 1 amide bonds. The van der Waals surface area contributed by atoms with E-state index in [0.717, 1.165) is 41.7 Å². The molecule has 0 aliphatic rings. The number of amides is 1. The fraction of sp³-hybridized carbons (Fsp3) is 0.455. The van der Waals surface area contributed by atoms with Gasteiger partial charge in [0.15, 0.2) is 11.9 Å². The van der Waals surface area contributed by atoms with E-state index in [-0.39, 0.29) is 6.09 Å². The molecule has 0 radical (unpaired) electrons. The average molecular weight is 370 g/mol. The number of unbranched alkanes of at least 4 members (excludes halogenated alkanes) is 2. The molecule has 1 aromatic heterocycles. The van der Waals surface area contributed by atoms with Gasteiger partial charge in [-0.25, -0.2) is 4.79 Å². The van der Waals surface area contributed by atoms with Crippen LogP contribution < -0.4 is 4.73 Å². The molecule has 0 saturated carbocycles. The molecule has 0 aliphatic heterocycles. The third-order valence-electron chi connectivity index (χ3n) is 4.13. The number of ether oxygens (including phenoxy) is 1. The Labute approximate surface area is 162 Å². The van der Waals surface area contributed by atoms with E-state index in [9.17, 15) is 10.0 Å². The molecule has 1 aromatic carbocycles. The molecule has 5 heteroatoms. The van der Waals surface area contributed by atoms with Gasteiger partial charge < -0.3 is 14.8 Å². The van der Waals surface area contributed by atoms with E-state index in [1.165, 1.54) is 6.20 Å². The lowest BCUT2D eigenvalue weighted by Gasteiger charge is -2.27. The van der Waals surface area contributed by atoms with Crippen LogP contribution in [0.1, 0.15) is 51.3 Å². The lowest BCUT2D eigenvalue weighted by molar-refractivity contribution is -0.614. The standard InChI is InChI=1S/C22H30N2O3/c1-22(2,3)27-21(25)23(18-19-12-6-4-7-13-19)16-10-5-8-14-20-15-9-11-17-24(20)26/h4,6-7,9,11-13,15,17H,5,8,10,14,16,18H2,1-3H3. The maximum absolute atomic E-state index is 12.6. The number of rotatable bonds is 8. The van der Waals surface area contributed by atoms with Crippen LogP contribution in [0.4, 0.5) is 4.79 Å². The van der Waals surface area contributed by atoms with Crippen LogP contribution >= 0.6 is 0 Å². The summed E-state index contributed by atoms with van der Waals surface area (Å²) in [5.74, 6) is 0. The van der Waals surface area contributed by atoms with Gasteiger partial charge in [0.1, 0.15) is 5.60 Å². The Morgan fingerprint density at radius 2 is 1.74 bits per heavy atom. The molecule has 2 rings (SSSR count). The summed E-state index contributed by atoms with van der Waals surface area (Å²) in [5, 5.41) is 11.7. The predicted molar refractivity (Wildman–Crippen MR) is 106 cm³/mol. The van der Waals surface area contributed by atoms with E-state index in [2.05, 4.69) is 0 Å². The van der Waals surface area contributed by atoms with Crippen molar-refractivity contribution in [1.29, 1.82) is 0 Å². The van der Waals surface area contributed by atoms with Crippen LogP contribution in [-0.2, 0) is 17.7 Å². The largest absolute Gasteiger partial charge is 0.619 e. The van der Waals surface area contributed by atoms with Crippen molar-refractivity contribution in [2.24, 2.45) is 0 Å². The summed E-state index contributed by atoms with van der Waals surface area (Å²) in [6, 6.07) is 15.4. The van der Waals surface area contributed by atoms with Gasteiger partial charge in [0.05, 0.1) is 0 Å². The van der Waals surface area contributed by atoms with Gasteiger partial charge in [-0.3, -0.25) is 0 Å². The monoisotopic (exact) mass is 370 g/mol. The number of hydrogen-bond donors (Lipinski definition) is 0. The third kappa shape index (κ3) is 7.69. The fourth-order valence-electron chi connectivity index (χ4n) is 2.81. The van der Waals surface area contributed by atoms with Crippen LogP contribution in [0.2, 0.25) is 0 Å². The molecular weight excluding hydrogens is 340 g/mol. The second kappa shape index (κ2) is 9.95. The zero-order valence-corrected chi connectivity index (χ0v) is 16.6. The lowest BCUT2D eigenvalue weighted by atomic mass is 10.1. The highest BCUT2D eigenvalue weighted by molar-refractivity contribution is 5.68. The molecule has 0 aliphatic carbocycles. The van der Waals surface area contributed by atoms with Gasteiger partial charge in [-0.1, -0.05) is 42.8 Å². The molecule has 27 heavy (non-hydrogen) atoms. The van der Waals surface area contributed by atoms with E-state index >= 15 is 0 Å². The van der Waals surface area contributed by atoms with Crippen molar-refractivity contribution in [3.63, 3.8) is 0 Å². The number of carbonyl (C=O) groups excluding carboxylic acids is 1. The van der Waals surface area contributed by atoms with Crippen LogP contribution in [0, 0.1) is 5.21 Å². The van der Waals surface area contributed by atoms with Crippen LogP contribution in [0.3, 0.4) is 0 Å². The topological polar surface area (TPSA) is 56.5 Å². The molecule has 0 bridgehead atoms. The van der Waals surface area contributed by atoms with Gasteiger partial charge in [-0.05, 0) is 39.2 Å². The summed E-state index contributed by atoms with van der Waals surface area (Å²) in [4.78, 5) is 14.3. The van der Waals surface area contributed by atoms with Crippen LogP contribution in [0.15, 0.2) is 54.7 Å². The van der Waals surface area contributed by atoms with Crippen molar-refractivity contribution in [2.45, 2.75) is 58.6 Å². The Morgan fingerprint density at radius 3 is 2.41 bits per heavy atom. The van der Waals surface area contributed by atoms with Crippen molar-refractivity contribution < 1.29 is 14.3 Å². The number of aromatic nitrogens is 1. The minimum Gasteiger partial charge on any atom is -0.619 e. The number of hydrogen-bond acceptors (Lipinski definition) is 3.